The van der Waals surface area contributed by atoms with E-state index in [1.807, 2.05) is 0 Å². The largest absolute Gasteiger partial charge is 0.0805 e. The fourth-order valence-corrected chi connectivity index (χ4v) is 1.93. The van der Waals surface area contributed by atoms with Crippen LogP contribution in [0.15, 0.2) is 54.1 Å². The first-order valence-electron chi connectivity index (χ1n) is 5.26. The third-order valence-corrected chi connectivity index (χ3v) is 2.82. The van der Waals surface area contributed by atoms with Crippen molar-refractivity contribution in [3.8, 4) is 0 Å². The van der Waals surface area contributed by atoms with Gasteiger partial charge in [0.15, 0.2) is 0 Å². The summed E-state index contributed by atoms with van der Waals surface area (Å²) in [6.45, 7) is 2.31. The summed E-state index contributed by atoms with van der Waals surface area (Å²) in [5.41, 5.74) is 3.00. The summed E-state index contributed by atoms with van der Waals surface area (Å²) in [7, 11) is 0. The van der Waals surface area contributed by atoms with Gasteiger partial charge in [0.25, 0.3) is 0 Å². The van der Waals surface area contributed by atoms with Crippen molar-refractivity contribution in [1.82, 2.24) is 0 Å². The van der Waals surface area contributed by atoms with Crippen LogP contribution < -0.4 is 0 Å². The molecule has 0 aliphatic heterocycles. The summed E-state index contributed by atoms with van der Waals surface area (Å²) in [4.78, 5) is 0. The third-order valence-electron chi connectivity index (χ3n) is 2.82. The summed E-state index contributed by atoms with van der Waals surface area (Å²) >= 11 is 0. The predicted octanol–water partition coefficient (Wildman–Crippen LogP) is 3.75. The van der Waals surface area contributed by atoms with Crippen molar-refractivity contribution in [2.24, 2.45) is 5.92 Å². The van der Waals surface area contributed by atoms with Crippen LogP contribution in [0.2, 0.25) is 0 Å². The zero-order valence-corrected chi connectivity index (χ0v) is 8.61. The molecule has 0 saturated heterocycles. The van der Waals surface area contributed by atoms with Crippen molar-refractivity contribution in [1.29, 1.82) is 0 Å². The second-order valence-electron chi connectivity index (χ2n) is 3.96. The van der Waals surface area contributed by atoms with Crippen LogP contribution >= 0.6 is 0 Å². The Bertz CT molecular complexity index is 344. The Morgan fingerprint density at radius 3 is 2.64 bits per heavy atom. The average Bonchev–Trinajstić information content (AvgIpc) is 2.72. The minimum Gasteiger partial charge on any atom is -0.0805 e. The molecule has 0 bridgehead atoms. The lowest BCUT2D eigenvalue weighted by Crippen LogP contribution is -2.01. The molecule has 1 aromatic carbocycles. The Balaban J connectivity index is 1.98. The Morgan fingerprint density at radius 1 is 1.21 bits per heavy atom. The van der Waals surface area contributed by atoms with Crippen molar-refractivity contribution in [2.75, 3.05) is 0 Å². The maximum atomic E-state index is 2.31. The van der Waals surface area contributed by atoms with E-state index >= 15 is 0 Å². The first-order chi connectivity index (χ1) is 6.86. The van der Waals surface area contributed by atoms with E-state index in [9.17, 15) is 0 Å². The van der Waals surface area contributed by atoms with Crippen molar-refractivity contribution < 1.29 is 0 Å². The minimum atomic E-state index is 0.674. The van der Waals surface area contributed by atoms with Crippen molar-refractivity contribution >= 4 is 0 Å². The topological polar surface area (TPSA) is 0 Å². The standard InChI is InChI=1S/C14H16/c1-12(14-9-5-6-10-14)11-13-7-3-2-4-8-13/h2-9,12H,10-11H2,1H3. The van der Waals surface area contributed by atoms with Crippen LogP contribution in [-0.4, -0.2) is 0 Å². The molecule has 2 rings (SSSR count). The summed E-state index contributed by atoms with van der Waals surface area (Å²) in [6, 6.07) is 10.7. The van der Waals surface area contributed by atoms with Crippen molar-refractivity contribution in [3.63, 3.8) is 0 Å². The number of hydrogen-bond donors (Lipinski definition) is 0. The van der Waals surface area contributed by atoms with Crippen LogP contribution in [0.1, 0.15) is 18.9 Å². The van der Waals surface area contributed by atoms with Gasteiger partial charge in [0.1, 0.15) is 0 Å². The lowest BCUT2D eigenvalue weighted by Gasteiger charge is -2.12. The van der Waals surface area contributed by atoms with Crippen LogP contribution in [0.25, 0.3) is 0 Å². The van der Waals surface area contributed by atoms with E-state index in [0.717, 1.165) is 12.8 Å². The number of benzene rings is 1. The lowest BCUT2D eigenvalue weighted by atomic mass is 9.93. The molecule has 0 fully saturated rings. The molecule has 1 aliphatic rings. The molecule has 0 radical (unpaired) electrons. The second kappa shape index (κ2) is 4.28. The maximum absolute atomic E-state index is 2.31. The van der Waals surface area contributed by atoms with Gasteiger partial charge in [-0.3, -0.25) is 0 Å². The van der Waals surface area contributed by atoms with Gasteiger partial charge in [-0.2, -0.15) is 0 Å². The second-order valence-corrected chi connectivity index (χ2v) is 3.96. The molecule has 1 unspecified atom stereocenters. The summed E-state index contributed by atoms with van der Waals surface area (Å²) < 4.78 is 0. The van der Waals surface area contributed by atoms with E-state index in [2.05, 4.69) is 55.5 Å². The molecule has 0 saturated carbocycles. The van der Waals surface area contributed by atoms with Crippen LogP contribution in [0.5, 0.6) is 0 Å². The number of allylic oxidation sites excluding steroid dienone is 4. The van der Waals surface area contributed by atoms with Gasteiger partial charge in [-0.05, 0) is 24.3 Å². The van der Waals surface area contributed by atoms with E-state index in [1.165, 1.54) is 5.56 Å². The third kappa shape index (κ3) is 2.14. The Labute approximate surface area is 86.0 Å². The summed E-state index contributed by atoms with van der Waals surface area (Å²) in [5.74, 6) is 0.674. The highest BCUT2D eigenvalue weighted by molar-refractivity contribution is 5.26. The molecule has 1 atom stereocenters. The van der Waals surface area contributed by atoms with Crippen LogP contribution in [0, 0.1) is 5.92 Å². The summed E-state index contributed by atoms with van der Waals surface area (Å²) in [5, 5.41) is 0. The van der Waals surface area contributed by atoms with Gasteiger partial charge in [0, 0.05) is 0 Å². The average molecular weight is 184 g/mol. The van der Waals surface area contributed by atoms with Crippen LogP contribution in [0.3, 0.4) is 0 Å². The zero-order chi connectivity index (χ0) is 9.80. The van der Waals surface area contributed by atoms with Gasteiger partial charge in [0.05, 0.1) is 0 Å². The molecular formula is C14H16. The van der Waals surface area contributed by atoms with E-state index in [-0.39, 0.29) is 0 Å². The Hall–Kier alpha value is -1.30. The highest BCUT2D eigenvalue weighted by Gasteiger charge is 2.09. The van der Waals surface area contributed by atoms with E-state index in [1.54, 1.807) is 5.57 Å². The monoisotopic (exact) mass is 184 g/mol. The Morgan fingerprint density at radius 2 is 2.00 bits per heavy atom. The smallest absolute Gasteiger partial charge is 0.0130 e. The molecule has 0 N–H and O–H groups in total. The molecule has 0 nitrogen and oxygen atoms in total. The van der Waals surface area contributed by atoms with Gasteiger partial charge in [0.2, 0.25) is 0 Å². The lowest BCUT2D eigenvalue weighted by molar-refractivity contribution is 0.667. The normalized spacial score (nSPS) is 16.8. The highest BCUT2D eigenvalue weighted by atomic mass is 14.1. The molecular weight excluding hydrogens is 168 g/mol. The predicted molar refractivity (Wildman–Crippen MR) is 61.2 cm³/mol. The molecule has 0 aromatic heterocycles. The molecule has 14 heavy (non-hydrogen) atoms. The molecule has 0 spiro atoms. The highest BCUT2D eigenvalue weighted by Crippen LogP contribution is 2.23. The molecule has 72 valence electrons. The van der Waals surface area contributed by atoms with Gasteiger partial charge >= 0.3 is 0 Å². The molecule has 1 aliphatic carbocycles. The minimum absolute atomic E-state index is 0.674. The van der Waals surface area contributed by atoms with Gasteiger partial charge in [-0.15, -0.1) is 0 Å². The van der Waals surface area contributed by atoms with E-state index < -0.39 is 0 Å². The quantitative estimate of drug-likeness (QED) is 0.671. The van der Waals surface area contributed by atoms with Crippen molar-refractivity contribution in [3.05, 3.63) is 59.7 Å². The fourth-order valence-electron chi connectivity index (χ4n) is 1.93. The summed E-state index contributed by atoms with van der Waals surface area (Å²) in [6.07, 6.45) is 8.96. The first-order valence-corrected chi connectivity index (χ1v) is 5.26. The van der Waals surface area contributed by atoms with Crippen LogP contribution in [-0.2, 0) is 6.42 Å². The van der Waals surface area contributed by atoms with Crippen molar-refractivity contribution in [2.45, 2.75) is 19.8 Å². The molecule has 0 heteroatoms. The fraction of sp³-hybridized carbons (Fsp3) is 0.286. The number of rotatable bonds is 3. The zero-order valence-electron chi connectivity index (χ0n) is 8.61. The van der Waals surface area contributed by atoms with Crippen LogP contribution in [0.4, 0.5) is 0 Å². The molecule has 1 aromatic rings. The maximum Gasteiger partial charge on any atom is -0.0130 e. The van der Waals surface area contributed by atoms with Gasteiger partial charge < -0.3 is 0 Å². The first kappa shape index (κ1) is 9.26. The number of hydrogen-bond acceptors (Lipinski definition) is 0. The van der Waals surface area contributed by atoms with E-state index in [0.29, 0.717) is 5.92 Å². The molecule has 0 heterocycles. The molecule has 0 amide bonds. The Kier molecular flexibility index (Phi) is 2.83. The van der Waals surface area contributed by atoms with E-state index in [4.69, 9.17) is 0 Å². The van der Waals surface area contributed by atoms with Gasteiger partial charge in [-0.1, -0.05) is 61.1 Å². The SMILES string of the molecule is CC(Cc1ccccc1)C1=CC=CC1. The van der Waals surface area contributed by atoms with Gasteiger partial charge in [-0.25, -0.2) is 0 Å².